The van der Waals surface area contributed by atoms with Crippen LogP contribution in [0.25, 0.3) is 0 Å². The number of urea groups is 1. The van der Waals surface area contributed by atoms with E-state index in [1.54, 1.807) is 18.3 Å². The van der Waals surface area contributed by atoms with Gasteiger partial charge in [-0.2, -0.15) is 0 Å². The van der Waals surface area contributed by atoms with Gasteiger partial charge in [-0.05, 0) is 79.5 Å². The summed E-state index contributed by atoms with van der Waals surface area (Å²) < 4.78 is 0. The van der Waals surface area contributed by atoms with E-state index in [0.29, 0.717) is 0 Å². The molecule has 2 fully saturated rings. The van der Waals surface area contributed by atoms with Crippen LogP contribution in [-0.2, 0) is 22.4 Å². The van der Waals surface area contributed by atoms with Gasteiger partial charge in [-0.3, -0.25) is 14.5 Å². The molecule has 2 heterocycles. The predicted octanol–water partition coefficient (Wildman–Crippen LogP) is 3.55. The van der Waals surface area contributed by atoms with Gasteiger partial charge in [0.2, 0.25) is 5.91 Å². The number of benzene rings is 1. The van der Waals surface area contributed by atoms with Crippen molar-refractivity contribution in [2.75, 3.05) is 6.54 Å². The number of hydrogen-bond acceptors (Lipinski definition) is 4. The van der Waals surface area contributed by atoms with Crippen LogP contribution in [0.1, 0.15) is 60.2 Å². The smallest absolute Gasteiger partial charge is 0.325 e. The highest BCUT2D eigenvalue weighted by molar-refractivity contribution is 7.10. The van der Waals surface area contributed by atoms with E-state index >= 15 is 0 Å². The lowest BCUT2D eigenvalue weighted by molar-refractivity contribution is -0.135. The van der Waals surface area contributed by atoms with E-state index in [2.05, 4.69) is 28.8 Å². The fourth-order valence-electron chi connectivity index (χ4n) is 4.85. The van der Waals surface area contributed by atoms with E-state index in [4.69, 9.17) is 0 Å². The number of thiophene rings is 1. The van der Waals surface area contributed by atoms with Gasteiger partial charge in [0.25, 0.3) is 5.91 Å². The number of carbonyl (C=O) groups is 3. The number of imide groups is 1. The van der Waals surface area contributed by atoms with Gasteiger partial charge < -0.3 is 10.6 Å². The van der Waals surface area contributed by atoms with Gasteiger partial charge in [-0.1, -0.05) is 24.3 Å². The summed E-state index contributed by atoms with van der Waals surface area (Å²) in [6.45, 7) is 1.50. The molecule has 3 aliphatic rings. The average molecular weight is 438 g/mol. The SMILES string of the molecule is CC1(C2CC2)NC(=O)N(CC(=O)NC(c2ccc3c(c2)CCCC3)c2cccs2)C1=O. The highest BCUT2D eigenvalue weighted by Crippen LogP contribution is 2.42. The molecule has 2 unspecified atom stereocenters. The third kappa shape index (κ3) is 3.76. The molecule has 2 aromatic rings. The van der Waals surface area contributed by atoms with Gasteiger partial charge in [0.05, 0.1) is 6.04 Å². The minimum atomic E-state index is -0.872. The van der Waals surface area contributed by atoms with Crippen LogP contribution in [0.2, 0.25) is 0 Å². The Kier molecular flexibility index (Phi) is 5.08. The Morgan fingerprint density at radius 2 is 2.00 bits per heavy atom. The molecule has 1 aromatic carbocycles. The summed E-state index contributed by atoms with van der Waals surface area (Å²) in [6.07, 6.45) is 6.46. The van der Waals surface area contributed by atoms with Gasteiger partial charge in [-0.25, -0.2) is 4.79 Å². The van der Waals surface area contributed by atoms with Crippen LogP contribution in [-0.4, -0.2) is 34.8 Å². The number of rotatable bonds is 6. The van der Waals surface area contributed by atoms with Gasteiger partial charge in [0.15, 0.2) is 0 Å². The van der Waals surface area contributed by atoms with Crippen molar-refractivity contribution in [2.24, 2.45) is 5.92 Å². The Hall–Kier alpha value is -2.67. The average Bonchev–Trinajstić information content (AvgIpc) is 3.45. The molecule has 31 heavy (non-hydrogen) atoms. The molecule has 0 spiro atoms. The summed E-state index contributed by atoms with van der Waals surface area (Å²) >= 11 is 1.59. The molecule has 2 N–H and O–H groups in total. The standard InChI is InChI=1S/C24H27N3O3S/c1-24(18-10-11-18)22(29)27(23(30)26-24)14-20(28)25-21(19-7-4-12-31-19)17-9-8-15-5-2-3-6-16(15)13-17/h4,7-9,12-13,18,21H,2-3,5-6,10-11,14H2,1H3,(H,25,28)(H,26,30). The van der Waals surface area contributed by atoms with E-state index in [1.807, 2.05) is 17.5 Å². The van der Waals surface area contributed by atoms with E-state index in [-0.39, 0.29) is 30.3 Å². The molecular formula is C24H27N3O3S. The van der Waals surface area contributed by atoms with Gasteiger partial charge in [0, 0.05) is 4.88 Å². The van der Waals surface area contributed by atoms with Crippen molar-refractivity contribution in [2.45, 2.75) is 57.0 Å². The summed E-state index contributed by atoms with van der Waals surface area (Å²) in [5.74, 6) is -0.456. The first kappa shape index (κ1) is 20.2. The van der Waals surface area contributed by atoms with Crippen molar-refractivity contribution < 1.29 is 14.4 Å². The Balaban J connectivity index is 1.35. The monoisotopic (exact) mass is 437 g/mol. The third-order valence-electron chi connectivity index (χ3n) is 6.84. The zero-order chi connectivity index (χ0) is 21.6. The molecule has 0 radical (unpaired) electrons. The molecule has 1 saturated heterocycles. The zero-order valence-corrected chi connectivity index (χ0v) is 18.5. The summed E-state index contributed by atoms with van der Waals surface area (Å²) in [5, 5.41) is 7.88. The number of amides is 4. The molecule has 6 nitrogen and oxygen atoms in total. The zero-order valence-electron chi connectivity index (χ0n) is 17.6. The highest BCUT2D eigenvalue weighted by Gasteiger charge is 2.56. The van der Waals surface area contributed by atoms with Crippen molar-refractivity contribution in [3.63, 3.8) is 0 Å². The second-order valence-electron chi connectivity index (χ2n) is 9.05. The maximum atomic E-state index is 13.0. The Morgan fingerprint density at radius 3 is 2.71 bits per heavy atom. The van der Waals surface area contributed by atoms with E-state index in [9.17, 15) is 14.4 Å². The molecule has 4 amide bonds. The minimum Gasteiger partial charge on any atom is -0.343 e. The van der Waals surface area contributed by atoms with Crippen LogP contribution in [0.15, 0.2) is 35.7 Å². The topological polar surface area (TPSA) is 78.5 Å². The molecule has 5 rings (SSSR count). The quantitative estimate of drug-likeness (QED) is 0.679. The fourth-order valence-corrected chi connectivity index (χ4v) is 5.66. The predicted molar refractivity (Wildman–Crippen MR) is 119 cm³/mol. The van der Waals surface area contributed by atoms with Crippen LogP contribution >= 0.6 is 11.3 Å². The Labute approximate surface area is 186 Å². The molecule has 162 valence electrons. The molecule has 2 aliphatic carbocycles. The highest BCUT2D eigenvalue weighted by atomic mass is 32.1. The second-order valence-corrected chi connectivity index (χ2v) is 10.0. The number of nitrogens with zero attached hydrogens (tertiary/aromatic N) is 1. The van der Waals surface area contributed by atoms with E-state index < -0.39 is 11.6 Å². The summed E-state index contributed by atoms with van der Waals surface area (Å²) in [7, 11) is 0. The number of aryl methyl sites for hydroxylation is 2. The first-order valence-corrected chi connectivity index (χ1v) is 11.9. The number of fused-ring (bicyclic) bond motifs is 1. The van der Waals surface area contributed by atoms with Crippen LogP contribution < -0.4 is 10.6 Å². The van der Waals surface area contributed by atoms with E-state index in [1.165, 1.54) is 24.0 Å². The number of carbonyl (C=O) groups excluding carboxylic acids is 3. The maximum Gasteiger partial charge on any atom is 0.325 e. The summed E-state index contributed by atoms with van der Waals surface area (Å²) in [6, 6.07) is 9.67. The van der Waals surface area contributed by atoms with Gasteiger partial charge in [0.1, 0.15) is 12.1 Å². The van der Waals surface area contributed by atoms with Crippen LogP contribution in [0.5, 0.6) is 0 Å². The molecule has 0 bridgehead atoms. The third-order valence-corrected chi connectivity index (χ3v) is 7.77. The lowest BCUT2D eigenvalue weighted by Crippen LogP contribution is -2.47. The fraction of sp³-hybridized carbons (Fsp3) is 0.458. The molecule has 2 atom stereocenters. The lowest BCUT2D eigenvalue weighted by atomic mass is 9.89. The van der Waals surface area contributed by atoms with Crippen molar-refractivity contribution in [3.8, 4) is 0 Å². The summed E-state index contributed by atoms with van der Waals surface area (Å²) in [5.41, 5.74) is 2.92. The van der Waals surface area contributed by atoms with Gasteiger partial charge in [-0.15, -0.1) is 11.3 Å². The summed E-state index contributed by atoms with van der Waals surface area (Å²) in [4.78, 5) is 40.4. The first-order valence-electron chi connectivity index (χ1n) is 11.0. The van der Waals surface area contributed by atoms with Crippen LogP contribution in [0, 0.1) is 5.92 Å². The lowest BCUT2D eigenvalue weighted by Gasteiger charge is -2.23. The van der Waals surface area contributed by atoms with Crippen molar-refractivity contribution in [3.05, 3.63) is 57.3 Å². The van der Waals surface area contributed by atoms with Crippen molar-refractivity contribution in [1.29, 1.82) is 0 Å². The molecule has 7 heteroatoms. The maximum absolute atomic E-state index is 13.0. The number of hydrogen-bond donors (Lipinski definition) is 2. The van der Waals surface area contributed by atoms with Gasteiger partial charge >= 0.3 is 6.03 Å². The largest absolute Gasteiger partial charge is 0.343 e. The normalized spacial score (nSPS) is 24.0. The molecule has 1 saturated carbocycles. The van der Waals surface area contributed by atoms with E-state index in [0.717, 1.165) is 41.0 Å². The number of nitrogens with one attached hydrogen (secondary N) is 2. The van der Waals surface area contributed by atoms with Crippen molar-refractivity contribution >= 4 is 29.2 Å². The molecule has 1 aromatic heterocycles. The Bertz CT molecular complexity index is 1030. The first-order chi connectivity index (χ1) is 15.0. The van der Waals surface area contributed by atoms with Crippen molar-refractivity contribution in [1.82, 2.24) is 15.5 Å². The Morgan fingerprint density at radius 1 is 1.23 bits per heavy atom. The van der Waals surface area contributed by atoms with Crippen LogP contribution in [0.4, 0.5) is 4.79 Å². The second kappa shape index (κ2) is 7.79. The minimum absolute atomic E-state index is 0.173. The van der Waals surface area contributed by atoms with Crippen LogP contribution in [0.3, 0.4) is 0 Å². The molecule has 1 aliphatic heterocycles. The molecular weight excluding hydrogens is 410 g/mol.